The fraction of sp³-hybridized carbons (Fsp3) is 0.0870. The molecule has 5 nitrogen and oxygen atoms in total. The molecule has 0 aliphatic carbocycles. The molecule has 3 aromatic carbocycles. The minimum atomic E-state index is -1.03. The number of benzene rings is 3. The van der Waals surface area contributed by atoms with Gasteiger partial charge in [0.05, 0.1) is 11.1 Å². The van der Waals surface area contributed by atoms with Crippen molar-refractivity contribution in [3.8, 4) is 0 Å². The number of nitrogens with zero attached hydrogens (tertiary/aromatic N) is 1. The lowest BCUT2D eigenvalue weighted by molar-refractivity contribution is -0.119. The van der Waals surface area contributed by atoms with Crippen molar-refractivity contribution in [3.63, 3.8) is 0 Å². The predicted octanol–water partition coefficient (Wildman–Crippen LogP) is 4.95. The van der Waals surface area contributed by atoms with Crippen LogP contribution in [0.2, 0.25) is 5.02 Å². The van der Waals surface area contributed by atoms with Gasteiger partial charge in [0.15, 0.2) is 0 Å². The standard InChI is InChI=1S/C23H16BrClN2O3/c24-15-8-10-17(11-9-15)26-21(28)20(13-14-4-3-5-16(25)12-14)27-22(29)18-6-1-2-7-19(18)23(27)30/h1-12,20H,13H2,(H,26,28). The first-order chi connectivity index (χ1) is 14.4. The molecule has 1 N–H and O–H groups in total. The molecule has 3 amide bonds. The zero-order chi connectivity index (χ0) is 21.3. The highest BCUT2D eigenvalue weighted by Crippen LogP contribution is 2.27. The van der Waals surface area contributed by atoms with Crippen LogP contribution in [0.4, 0.5) is 5.69 Å². The number of carbonyl (C=O) groups is 3. The third-order valence-corrected chi connectivity index (χ3v) is 5.63. The van der Waals surface area contributed by atoms with Gasteiger partial charge in [0, 0.05) is 21.6 Å². The minimum absolute atomic E-state index is 0.147. The molecule has 30 heavy (non-hydrogen) atoms. The van der Waals surface area contributed by atoms with Crippen LogP contribution in [0.15, 0.2) is 77.3 Å². The summed E-state index contributed by atoms with van der Waals surface area (Å²) < 4.78 is 0.872. The van der Waals surface area contributed by atoms with Crippen LogP contribution in [0.3, 0.4) is 0 Å². The van der Waals surface area contributed by atoms with Gasteiger partial charge in [-0.05, 0) is 54.1 Å². The van der Waals surface area contributed by atoms with E-state index in [-0.39, 0.29) is 6.42 Å². The van der Waals surface area contributed by atoms with Gasteiger partial charge >= 0.3 is 0 Å². The summed E-state index contributed by atoms with van der Waals surface area (Å²) in [6.45, 7) is 0. The van der Waals surface area contributed by atoms with Crippen LogP contribution in [-0.2, 0) is 11.2 Å². The second kappa shape index (κ2) is 8.42. The number of fused-ring (bicyclic) bond motifs is 1. The summed E-state index contributed by atoms with van der Waals surface area (Å²) in [5.41, 5.74) is 1.91. The largest absolute Gasteiger partial charge is 0.324 e. The molecule has 0 fully saturated rings. The molecule has 1 aliphatic heterocycles. The SMILES string of the molecule is O=C(Nc1ccc(Br)cc1)C(Cc1cccc(Cl)c1)N1C(=O)c2ccccc2C1=O. The molecule has 0 aromatic heterocycles. The Morgan fingerprint density at radius 2 is 1.57 bits per heavy atom. The van der Waals surface area contributed by atoms with E-state index in [2.05, 4.69) is 21.2 Å². The lowest BCUT2D eigenvalue weighted by Gasteiger charge is -2.25. The molecule has 0 saturated carbocycles. The third-order valence-electron chi connectivity index (χ3n) is 4.87. The van der Waals surface area contributed by atoms with Crippen LogP contribution in [0, 0.1) is 0 Å². The normalized spacial score (nSPS) is 13.9. The Balaban J connectivity index is 1.68. The molecule has 0 radical (unpaired) electrons. The quantitative estimate of drug-likeness (QED) is 0.522. The van der Waals surface area contributed by atoms with Gasteiger partial charge in [-0.2, -0.15) is 0 Å². The molecule has 4 rings (SSSR count). The Kier molecular flexibility index (Phi) is 5.70. The fourth-order valence-electron chi connectivity index (χ4n) is 3.44. The second-order valence-corrected chi connectivity index (χ2v) is 8.22. The van der Waals surface area contributed by atoms with E-state index in [4.69, 9.17) is 11.6 Å². The van der Waals surface area contributed by atoms with Crippen LogP contribution in [0.25, 0.3) is 0 Å². The van der Waals surface area contributed by atoms with E-state index in [1.807, 2.05) is 6.07 Å². The molecular formula is C23H16BrClN2O3. The highest BCUT2D eigenvalue weighted by molar-refractivity contribution is 9.10. The number of anilines is 1. The maximum atomic E-state index is 13.2. The molecule has 1 aliphatic rings. The third kappa shape index (κ3) is 4.01. The van der Waals surface area contributed by atoms with Crippen molar-refractivity contribution in [2.75, 3.05) is 5.32 Å². The zero-order valence-electron chi connectivity index (χ0n) is 15.6. The van der Waals surface area contributed by atoms with Crippen molar-refractivity contribution in [1.29, 1.82) is 0 Å². The highest BCUT2D eigenvalue weighted by atomic mass is 79.9. The van der Waals surface area contributed by atoms with Crippen molar-refractivity contribution in [2.45, 2.75) is 12.5 Å². The number of nitrogens with one attached hydrogen (secondary N) is 1. The topological polar surface area (TPSA) is 66.5 Å². The summed E-state index contributed by atoms with van der Waals surface area (Å²) in [6.07, 6.45) is 0.147. The molecule has 150 valence electrons. The van der Waals surface area contributed by atoms with E-state index in [0.717, 1.165) is 14.9 Å². The van der Waals surface area contributed by atoms with Crippen molar-refractivity contribution >= 4 is 50.9 Å². The van der Waals surface area contributed by atoms with Crippen LogP contribution >= 0.6 is 27.5 Å². The molecule has 3 aromatic rings. The van der Waals surface area contributed by atoms with Gasteiger partial charge in [0.1, 0.15) is 6.04 Å². The van der Waals surface area contributed by atoms with E-state index in [9.17, 15) is 14.4 Å². The minimum Gasteiger partial charge on any atom is -0.324 e. The van der Waals surface area contributed by atoms with Crippen LogP contribution < -0.4 is 5.32 Å². The summed E-state index contributed by atoms with van der Waals surface area (Å²) in [7, 11) is 0. The first-order valence-electron chi connectivity index (χ1n) is 9.22. The van der Waals surface area contributed by atoms with E-state index >= 15 is 0 Å². The molecule has 1 heterocycles. The van der Waals surface area contributed by atoms with Crippen LogP contribution in [0.1, 0.15) is 26.3 Å². The number of hydrogen-bond donors (Lipinski definition) is 1. The Labute approximate surface area is 186 Å². The maximum absolute atomic E-state index is 13.2. The Morgan fingerprint density at radius 1 is 0.933 bits per heavy atom. The van der Waals surface area contributed by atoms with Gasteiger partial charge in [-0.15, -0.1) is 0 Å². The molecule has 0 bridgehead atoms. The van der Waals surface area contributed by atoms with Crippen molar-refractivity contribution in [3.05, 3.63) is 99.0 Å². The fourth-order valence-corrected chi connectivity index (χ4v) is 3.92. The predicted molar refractivity (Wildman–Crippen MR) is 119 cm³/mol. The lowest BCUT2D eigenvalue weighted by atomic mass is 10.0. The molecule has 1 atom stereocenters. The first kappa shape index (κ1) is 20.3. The van der Waals surface area contributed by atoms with Gasteiger partial charge in [-0.1, -0.05) is 51.8 Å². The van der Waals surface area contributed by atoms with Gasteiger partial charge in [-0.25, -0.2) is 0 Å². The van der Waals surface area contributed by atoms with Gasteiger partial charge in [-0.3, -0.25) is 19.3 Å². The number of imide groups is 1. The Bertz CT molecular complexity index is 1110. The van der Waals surface area contributed by atoms with Gasteiger partial charge < -0.3 is 5.32 Å². The molecule has 0 saturated heterocycles. The number of rotatable bonds is 5. The van der Waals surface area contributed by atoms with Crippen LogP contribution in [-0.4, -0.2) is 28.7 Å². The highest BCUT2D eigenvalue weighted by Gasteiger charge is 2.42. The summed E-state index contributed by atoms with van der Waals surface area (Å²) >= 11 is 9.45. The Morgan fingerprint density at radius 3 is 2.17 bits per heavy atom. The first-order valence-corrected chi connectivity index (χ1v) is 10.4. The average molecular weight is 484 g/mol. The Hall–Kier alpha value is -2.96. The number of hydrogen-bond acceptors (Lipinski definition) is 3. The maximum Gasteiger partial charge on any atom is 0.262 e. The molecule has 1 unspecified atom stereocenters. The summed E-state index contributed by atoms with van der Waals surface area (Å²) in [4.78, 5) is 40.3. The average Bonchev–Trinajstić information content (AvgIpc) is 2.99. The second-order valence-electron chi connectivity index (χ2n) is 6.87. The van der Waals surface area contributed by atoms with E-state index < -0.39 is 23.8 Å². The smallest absolute Gasteiger partial charge is 0.262 e. The number of halogens is 2. The summed E-state index contributed by atoms with van der Waals surface area (Å²) in [6, 6.07) is 19.6. The van der Waals surface area contributed by atoms with E-state index in [1.54, 1.807) is 66.7 Å². The summed E-state index contributed by atoms with van der Waals surface area (Å²) in [5.74, 6) is -1.41. The van der Waals surface area contributed by atoms with Crippen molar-refractivity contribution < 1.29 is 14.4 Å². The van der Waals surface area contributed by atoms with E-state index in [0.29, 0.717) is 21.8 Å². The number of carbonyl (C=O) groups excluding carboxylic acids is 3. The van der Waals surface area contributed by atoms with Crippen molar-refractivity contribution in [1.82, 2.24) is 4.90 Å². The zero-order valence-corrected chi connectivity index (χ0v) is 18.0. The number of amides is 3. The van der Waals surface area contributed by atoms with Gasteiger partial charge in [0.25, 0.3) is 11.8 Å². The van der Waals surface area contributed by atoms with Crippen LogP contribution in [0.5, 0.6) is 0 Å². The molecule has 0 spiro atoms. The molecule has 7 heteroatoms. The molecular weight excluding hydrogens is 468 g/mol. The van der Waals surface area contributed by atoms with Crippen molar-refractivity contribution in [2.24, 2.45) is 0 Å². The van der Waals surface area contributed by atoms with E-state index in [1.165, 1.54) is 0 Å². The summed E-state index contributed by atoms with van der Waals surface area (Å²) in [5, 5.41) is 3.33. The monoisotopic (exact) mass is 482 g/mol. The van der Waals surface area contributed by atoms with Gasteiger partial charge in [0.2, 0.25) is 5.91 Å². The lowest BCUT2D eigenvalue weighted by Crippen LogP contribution is -2.48.